The van der Waals surface area contributed by atoms with E-state index in [1.54, 1.807) is 7.05 Å². The minimum Gasteiger partial charge on any atom is -0.358 e. The lowest BCUT2D eigenvalue weighted by molar-refractivity contribution is 0.0781. The van der Waals surface area contributed by atoms with E-state index in [-0.39, 0.29) is 33.8 Å². The molecule has 2 aromatic rings. The monoisotopic (exact) mass is 360 g/mol. The molecule has 1 aromatic heterocycles. The highest BCUT2D eigenvalue weighted by molar-refractivity contribution is 5.97. The molecule has 1 amide bonds. The summed E-state index contributed by atoms with van der Waals surface area (Å²) in [6.45, 7) is 6.96. The van der Waals surface area contributed by atoms with Crippen molar-refractivity contribution in [3.8, 4) is 0 Å². The molecule has 0 saturated carbocycles. The van der Waals surface area contributed by atoms with E-state index in [9.17, 15) is 14.0 Å². The molecule has 6 nitrogen and oxygen atoms in total. The van der Waals surface area contributed by atoms with Gasteiger partial charge < -0.3 is 9.88 Å². The summed E-state index contributed by atoms with van der Waals surface area (Å²) in [7, 11) is 1.67. The Balaban J connectivity index is 1.76. The summed E-state index contributed by atoms with van der Waals surface area (Å²) in [5, 5.41) is 0.178. The van der Waals surface area contributed by atoms with Crippen LogP contribution in [0.3, 0.4) is 0 Å². The molecule has 140 valence electrons. The van der Waals surface area contributed by atoms with Gasteiger partial charge in [0.2, 0.25) is 5.43 Å². The Morgan fingerprint density at radius 3 is 2.69 bits per heavy atom. The summed E-state index contributed by atoms with van der Waals surface area (Å²) in [6, 6.07) is 4.67. The van der Waals surface area contributed by atoms with Gasteiger partial charge in [0.1, 0.15) is 11.4 Å². The number of pyridine rings is 1. The van der Waals surface area contributed by atoms with E-state index in [0.717, 1.165) is 6.42 Å². The molecule has 2 heterocycles. The van der Waals surface area contributed by atoms with Crippen LogP contribution in [-0.2, 0) is 0 Å². The van der Waals surface area contributed by atoms with E-state index >= 15 is 0 Å². The molecule has 1 aliphatic heterocycles. The van der Waals surface area contributed by atoms with Crippen LogP contribution in [0.2, 0.25) is 0 Å². The Bertz CT molecular complexity index is 887. The van der Waals surface area contributed by atoms with Crippen LogP contribution < -0.4 is 16.3 Å². The number of hydrogen-bond donors (Lipinski definition) is 3. The van der Waals surface area contributed by atoms with E-state index in [1.807, 2.05) is 0 Å². The Kier molecular flexibility index (Phi) is 4.86. The van der Waals surface area contributed by atoms with Crippen LogP contribution in [0.1, 0.15) is 37.6 Å². The zero-order valence-corrected chi connectivity index (χ0v) is 15.5. The summed E-state index contributed by atoms with van der Waals surface area (Å²) < 4.78 is 13.8. The third kappa shape index (κ3) is 3.50. The maximum atomic E-state index is 13.8. The molecule has 0 radical (unpaired) electrons. The number of rotatable bonds is 3. The van der Waals surface area contributed by atoms with Crippen LogP contribution in [0.15, 0.2) is 29.2 Å². The third-order valence-electron chi connectivity index (χ3n) is 4.96. The number of carbonyl (C=O) groups is 1. The molecule has 3 N–H and O–H groups in total. The highest BCUT2D eigenvalue weighted by Crippen LogP contribution is 2.25. The number of halogens is 1. The summed E-state index contributed by atoms with van der Waals surface area (Å²) in [5.41, 5.74) is 6.29. The molecule has 0 spiro atoms. The largest absolute Gasteiger partial charge is 0.358 e. The summed E-state index contributed by atoms with van der Waals surface area (Å²) in [5.74, 6) is -0.889. The van der Waals surface area contributed by atoms with E-state index in [4.69, 9.17) is 0 Å². The molecule has 1 aliphatic rings. The maximum absolute atomic E-state index is 13.8. The zero-order valence-electron chi connectivity index (χ0n) is 15.5. The zero-order chi connectivity index (χ0) is 19.1. The SMILES string of the molecule is CN(CC1CC(C(C)(C)C)NN1)C(=O)c1c[nH]c2c(F)cccc2c1=O. The normalized spacial score (nSPS) is 20.5. The van der Waals surface area contributed by atoms with Crippen molar-refractivity contribution in [3.05, 3.63) is 46.0 Å². The second-order valence-electron chi connectivity index (χ2n) is 8.02. The van der Waals surface area contributed by atoms with Gasteiger partial charge >= 0.3 is 0 Å². The van der Waals surface area contributed by atoms with Crippen molar-refractivity contribution in [2.45, 2.75) is 39.3 Å². The van der Waals surface area contributed by atoms with Gasteiger partial charge in [-0.2, -0.15) is 0 Å². The minimum atomic E-state index is -0.513. The summed E-state index contributed by atoms with van der Waals surface area (Å²) >= 11 is 0. The number of nitrogens with one attached hydrogen (secondary N) is 3. The van der Waals surface area contributed by atoms with Crippen LogP contribution in [-0.4, -0.2) is 41.5 Å². The number of amides is 1. The predicted molar refractivity (Wildman–Crippen MR) is 99.4 cm³/mol. The fourth-order valence-electron chi connectivity index (χ4n) is 3.30. The number of nitrogens with zero attached hydrogens (tertiary/aromatic N) is 1. The van der Waals surface area contributed by atoms with Crippen molar-refractivity contribution in [2.24, 2.45) is 5.41 Å². The Morgan fingerprint density at radius 1 is 1.31 bits per heavy atom. The molecule has 1 saturated heterocycles. The molecular weight excluding hydrogens is 335 g/mol. The summed E-state index contributed by atoms with van der Waals surface area (Å²) in [6.07, 6.45) is 2.19. The molecule has 1 fully saturated rings. The Labute approximate surface area is 151 Å². The second kappa shape index (κ2) is 6.81. The van der Waals surface area contributed by atoms with Gasteiger partial charge in [-0.15, -0.1) is 0 Å². The van der Waals surface area contributed by atoms with Gasteiger partial charge in [0, 0.05) is 37.3 Å². The minimum absolute atomic E-state index is 0.0175. The van der Waals surface area contributed by atoms with Crippen molar-refractivity contribution in [1.29, 1.82) is 0 Å². The van der Waals surface area contributed by atoms with E-state index in [0.29, 0.717) is 12.6 Å². The number of hydrazine groups is 1. The van der Waals surface area contributed by atoms with E-state index in [1.165, 1.54) is 29.3 Å². The number of benzene rings is 1. The summed E-state index contributed by atoms with van der Waals surface area (Å²) in [4.78, 5) is 29.6. The number of hydrogen-bond acceptors (Lipinski definition) is 4. The molecule has 0 aliphatic carbocycles. The number of fused-ring (bicyclic) bond motifs is 1. The van der Waals surface area contributed by atoms with Gasteiger partial charge in [-0.25, -0.2) is 4.39 Å². The number of H-pyrrole nitrogens is 1. The molecule has 26 heavy (non-hydrogen) atoms. The van der Waals surface area contributed by atoms with Crippen molar-refractivity contribution in [2.75, 3.05) is 13.6 Å². The fourth-order valence-corrected chi connectivity index (χ4v) is 3.30. The number of likely N-dealkylation sites (N-methyl/N-ethyl adjacent to an activating group) is 1. The first-order valence-electron chi connectivity index (χ1n) is 8.75. The maximum Gasteiger partial charge on any atom is 0.259 e. The number of aromatic amines is 1. The van der Waals surface area contributed by atoms with Crippen LogP contribution in [0, 0.1) is 11.2 Å². The van der Waals surface area contributed by atoms with Crippen molar-refractivity contribution in [1.82, 2.24) is 20.7 Å². The molecule has 7 heteroatoms. The van der Waals surface area contributed by atoms with Crippen LogP contribution in [0.25, 0.3) is 10.9 Å². The Hall–Kier alpha value is -2.25. The van der Waals surface area contributed by atoms with Crippen LogP contribution in [0.5, 0.6) is 0 Å². The highest BCUT2D eigenvalue weighted by atomic mass is 19.1. The fraction of sp³-hybridized carbons (Fsp3) is 0.474. The van der Waals surface area contributed by atoms with Gasteiger partial charge in [0.05, 0.1) is 5.52 Å². The third-order valence-corrected chi connectivity index (χ3v) is 4.96. The van der Waals surface area contributed by atoms with Gasteiger partial charge in [0.25, 0.3) is 5.91 Å². The second-order valence-corrected chi connectivity index (χ2v) is 8.02. The van der Waals surface area contributed by atoms with Crippen LogP contribution in [0.4, 0.5) is 4.39 Å². The Morgan fingerprint density at radius 2 is 2.04 bits per heavy atom. The lowest BCUT2D eigenvalue weighted by Gasteiger charge is -2.26. The van der Waals surface area contributed by atoms with Gasteiger partial charge in [0.15, 0.2) is 0 Å². The predicted octanol–water partition coefficient (Wildman–Crippen LogP) is 2.02. The standard InChI is InChI=1S/C19H25FN4O2/c1-19(2,3)15-8-11(22-23-15)10-24(4)18(26)13-9-21-16-12(17(13)25)6-5-7-14(16)20/h5-7,9,11,15,22-23H,8,10H2,1-4H3,(H,21,25). The van der Waals surface area contributed by atoms with Gasteiger partial charge in [-0.3, -0.25) is 20.4 Å². The first-order valence-corrected chi connectivity index (χ1v) is 8.75. The van der Waals surface area contributed by atoms with E-state index in [2.05, 4.69) is 36.6 Å². The quantitative estimate of drug-likeness (QED) is 0.783. The average Bonchev–Trinajstić information content (AvgIpc) is 3.04. The van der Waals surface area contributed by atoms with E-state index < -0.39 is 11.2 Å². The van der Waals surface area contributed by atoms with Gasteiger partial charge in [-0.05, 0) is 24.0 Å². The molecule has 2 unspecified atom stereocenters. The first kappa shape index (κ1) is 18.5. The molecule has 1 aromatic carbocycles. The van der Waals surface area contributed by atoms with Crippen molar-refractivity contribution in [3.63, 3.8) is 0 Å². The number of carbonyl (C=O) groups excluding carboxylic acids is 1. The molecule has 2 atom stereocenters. The topological polar surface area (TPSA) is 77.2 Å². The molecular formula is C19H25FN4O2. The number of aromatic nitrogens is 1. The number of para-hydroxylation sites is 1. The van der Waals surface area contributed by atoms with Crippen molar-refractivity contribution >= 4 is 16.8 Å². The lowest BCUT2D eigenvalue weighted by Crippen LogP contribution is -2.43. The van der Waals surface area contributed by atoms with Crippen LogP contribution >= 0.6 is 0 Å². The highest BCUT2D eigenvalue weighted by Gasteiger charge is 2.33. The van der Waals surface area contributed by atoms with Gasteiger partial charge in [-0.1, -0.05) is 26.8 Å². The lowest BCUT2D eigenvalue weighted by atomic mass is 9.84. The smallest absolute Gasteiger partial charge is 0.259 e. The van der Waals surface area contributed by atoms with Crippen molar-refractivity contribution < 1.29 is 9.18 Å². The molecule has 3 rings (SSSR count). The average molecular weight is 360 g/mol. The first-order chi connectivity index (χ1) is 12.2. The molecule has 0 bridgehead atoms.